The molecule has 0 saturated carbocycles. The Balaban J connectivity index is 0.00000312. The van der Waals surface area contributed by atoms with Crippen molar-refractivity contribution in [2.75, 3.05) is 19.6 Å². The number of halogens is 1. The predicted molar refractivity (Wildman–Crippen MR) is 119 cm³/mol. The van der Waals surface area contributed by atoms with Crippen LogP contribution >= 0.6 is 35.3 Å². The lowest BCUT2D eigenvalue weighted by molar-refractivity contribution is 0.667. The summed E-state index contributed by atoms with van der Waals surface area (Å²) in [6.07, 6.45) is 3.95. The third kappa shape index (κ3) is 7.73. The second-order valence-corrected chi connectivity index (χ2v) is 7.10. The Bertz CT molecular complexity index is 627. The van der Waals surface area contributed by atoms with E-state index >= 15 is 0 Å². The number of nitrogens with one attached hydrogen (secondary N) is 2. The van der Waals surface area contributed by atoms with E-state index in [-0.39, 0.29) is 24.0 Å². The van der Waals surface area contributed by atoms with E-state index in [0.29, 0.717) is 5.92 Å². The first-order valence-electron chi connectivity index (χ1n) is 8.71. The van der Waals surface area contributed by atoms with Crippen molar-refractivity contribution < 1.29 is 0 Å². The molecule has 0 aliphatic carbocycles. The van der Waals surface area contributed by atoms with Crippen LogP contribution in [0.3, 0.4) is 0 Å². The first kappa shape index (κ1) is 21.9. The molecule has 2 rings (SSSR count). The SMILES string of the molecule is CCNC(=NCC(CC)c1ccccc1)NCCc1ncc(C)s1.I. The number of benzene rings is 1. The van der Waals surface area contributed by atoms with Crippen molar-refractivity contribution in [1.82, 2.24) is 15.6 Å². The van der Waals surface area contributed by atoms with Gasteiger partial charge in [0.15, 0.2) is 5.96 Å². The Morgan fingerprint density at radius 3 is 2.56 bits per heavy atom. The molecule has 1 atom stereocenters. The molecule has 0 fully saturated rings. The van der Waals surface area contributed by atoms with Gasteiger partial charge in [0.1, 0.15) is 0 Å². The van der Waals surface area contributed by atoms with Crippen molar-refractivity contribution >= 4 is 41.3 Å². The van der Waals surface area contributed by atoms with Gasteiger partial charge in [0.2, 0.25) is 0 Å². The summed E-state index contributed by atoms with van der Waals surface area (Å²) in [5.74, 6) is 1.35. The molecule has 1 aromatic heterocycles. The summed E-state index contributed by atoms with van der Waals surface area (Å²) in [5, 5.41) is 7.91. The van der Waals surface area contributed by atoms with Crippen LogP contribution in [0, 0.1) is 6.92 Å². The first-order valence-corrected chi connectivity index (χ1v) is 9.53. The monoisotopic (exact) mass is 472 g/mol. The molecule has 6 heteroatoms. The predicted octanol–water partition coefficient (Wildman–Crippen LogP) is 4.36. The van der Waals surface area contributed by atoms with E-state index < -0.39 is 0 Å². The largest absolute Gasteiger partial charge is 0.357 e. The van der Waals surface area contributed by atoms with Crippen LogP contribution in [-0.2, 0) is 6.42 Å². The van der Waals surface area contributed by atoms with E-state index in [4.69, 9.17) is 4.99 Å². The topological polar surface area (TPSA) is 49.3 Å². The molecule has 0 aliphatic rings. The Morgan fingerprint density at radius 1 is 1.20 bits per heavy atom. The zero-order valence-electron chi connectivity index (χ0n) is 15.3. The molecule has 0 spiro atoms. The number of aromatic nitrogens is 1. The van der Waals surface area contributed by atoms with Gasteiger partial charge < -0.3 is 10.6 Å². The van der Waals surface area contributed by atoms with Gasteiger partial charge in [-0.15, -0.1) is 35.3 Å². The van der Waals surface area contributed by atoms with Crippen LogP contribution < -0.4 is 10.6 Å². The summed E-state index contributed by atoms with van der Waals surface area (Å²) in [4.78, 5) is 10.4. The Hall–Kier alpha value is -1.15. The minimum absolute atomic E-state index is 0. The maximum absolute atomic E-state index is 4.77. The molecule has 1 aromatic carbocycles. The Morgan fingerprint density at radius 2 is 1.96 bits per heavy atom. The van der Waals surface area contributed by atoms with Gasteiger partial charge in [-0.3, -0.25) is 4.99 Å². The summed E-state index contributed by atoms with van der Waals surface area (Å²) in [6.45, 7) is 8.92. The third-order valence-corrected chi connectivity index (χ3v) is 4.85. The molecule has 0 radical (unpaired) electrons. The number of nitrogens with zero attached hydrogens (tertiary/aromatic N) is 2. The summed E-state index contributed by atoms with van der Waals surface area (Å²) < 4.78 is 0. The summed E-state index contributed by atoms with van der Waals surface area (Å²) in [6, 6.07) is 10.6. The lowest BCUT2D eigenvalue weighted by Crippen LogP contribution is -2.38. The van der Waals surface area contributed by atoms with Gasteiger partial charge in [-0.1, -0.05) is 37.3 Å². The van der Waals surface area contributed by atoms with Crippen LogP contribution in [0.5, 0.6) is 0 Å². The molecule has 0 saturated heterocycles. The number of aryl methyl sites for hydroxylation is 1. The molecule has 25 heavy (non-hydrogen) atoms. The van der Waals surface area contributed by atoms with Crippen molar-refractivity contribution in [2.45, 2.75) is 39.5 Å². The average Bonchev–Trinajstić information content (AvgIpc) is 3.01. The molecule has 2 aromatic rings. The Labute approximate surface area is 172 Å². The normalized spacial score (nSPS) is 12.4. The third-order valence-electron chi connectivity index (χ3n) is 3.88. The minimum Gasteiger partial charge on any atom is -0.357 e. The average molecular weight is 472 g/mol. The fourth-order valence-corrected chi connectivity index (χ4v) is 3.33. The van der Waals surface area contributed by atoms with E-state index in [1.165, 1.54) is 15.4 Å². The van der Waals surface area contributed by atoms with Crippen LogP contribution in [-0.4, -0.2) is 30.6 Å². The van der Waals surface area contributed by atoms with Gasteiger partial charge in [-0.05, 0) is 25.8 Å². The molecular formula is C19H29IN4S. The fraction of sp³-hybridized carbons (Fsp3) is 0.474. The standard InChI is InChI=1S/C19H28N4S.HI/c1-4-16(17-9-7-6-8-10-17)14-23-19(20-5-2)21-12-11-18-22-13-15(3)24-18;/h6-10,13,16H,4-5,11-12,14H2,1-3H3,(H2,20,21,23);1H. The number of rotatable bonds is 8. The molecule has 138 valence electrons. The molecule has 0 bridgehead atoms. The van der Waals surface area contributed by atoms with Crippen LogP contribution in [0.2, 0.25) is 0 Å². The van der Waals surface area contributed by atoms with Crippen molar-refractivity contribution in [1.29, 1.82) is 0 Å². The highest BCUT2D eigenvalue weighted by molar-refractivity contribution is 14.0. The highest BCUT2D eigenvalue weighted by atomic mass is 127. The highest BCUT2D eigenvalue weighted by Gasteiger charge is 2.09. The number of guanidine groups is 1. The quantitative estimate of drug-likeness (QED) is 0.341. The smallest absolute Gasteiger partial charge is 0.191 e. The van der Waals surface area contributed by atoms with E-state index in [1.807, 2.05) is 6.20 Å². The van der Waals surface area contributed by atoms with E-state index in [1.54, 1.807) is 11.3 Å². The molecule has 0 aliphatic heterocycles. The van der Waals surface area contributed by atoms with Gasteiger partial charge in [-0.2, -0.15) is 0 Å². The number of aliphatic imine (C=N–C) groups is 1. The highest BCUT2D eigenvalue weighted by Crippen LogP contribution is 2.19. The molecule has 2 N–H and O–H groups in total. The molecule has 4 nitrogen and oxygen atoms in total. The van der Waals surface area contributed by atoms with Crippen LogP contribution in [0.4, 0.5) is 0 Å². The van der Waals surface area contributed by atoms with Crippen molar-refractivity contribution in [3.63, 3.8) is 0 Å². The van der Waals surface area contributed by atoms with Gasteiger partial charge in [0, 0.05) is 43.0 Å². The van der Waals surface area contributed by atoms with Crippen LogP contribution in [0.1, 0.15) is 41.6 Å². The first-order chi connectivity index (χ1) is 11.7. The zero-order chi connectivity index (χ0) is 17.2. The fourth-order valence-electron chi connectivity index (χ4n) is 2.54. The van der Waals surface area contributed by atoms with Gasteiger partial charge in [0.25, 0.3) is 0 Å². The van der Waals surface area contributed by atoms with Crippen molar-refractivity contribution in [3.05, 3.63) is 52.0 Å². The van der Waals surface area contributed by atoms with E-state index in [2.05, 4.69) is 66.7 Å². The van der Waals surface area contributed by atoms with E-state index in [0.717, 1.165) is 38.4 Å². The van der Waals surface area contributed by atoms with Crippen LogP contribution in [0.25, 0.3) is 0 Å². The van der Waals surface area contributed by atoms with Crippen molar-refractivity contribution in [2.24, 2.45) is 4.99 Å². The van der Waals surface area contributed by atoms with Crippen molar-refractivity contribution in [3.8, 4) is 0 Å². The Kier molecular flexibility index (Phi) is 10.7. The maximum Gasteiger partial charge on any atom is 0.191 e. The maximum atomic E-state index is 4.77. The number of hydrogen-bond acceptors (Lipinski definition) is 3. The van der Waals surface area contributed by atoms with Gasteiger partial charge >= 0.3 is 0 Å². The summed E-state index contributed by atoms with van der Waals surface area (Å²) in [7, 11) is 0. The second-order valence-electron chi connectivity index (χ2n) is 5.78. The number of thiazole rings is 1. The lowest BCUT2D eigenvalue weighted by atomic mass is 9.97. The minimum atomic E-state index is 0. The second kappa shape index (κ2) is 12.2. The van der Waals surface area contributed by atoms with E-state index in [9.17, 15) is 0 Å². The summed E-state index contributed by atoms with van der Waals surface area (Å²) >= 11 is 1.76. The molecule has 1 heterocycles. The molecule has 0 amide bonds. The number of hydrogen-bond donors (Lipinski definition) is 2. The molecular weight excluding hydrogens is 443 g/mol. The van der Waals surface area contributed by atoms with Crippen LogP contribution in [0.15, 0.2) is 41.5 Å². The molecule has 1 unspecified atom stereocenters. The zero-order valence-corrected chi connectivity index (χ0v) is 18.4. The van der Waals surface area contributed by atoms with Gasteiger partial charge in [0.05, 0.1) is 5.01 Å². The van der Waals surface area contributed by atoms with Gasteiger partial charge in [-0.25, -0.2) is 4.98 Å². The lowest BCUT2D eigenvalue weighted by Gasteiger charge is -2.15. The summed E-state index contributed by atoms with van der Waals surface area (Å²) in [5.41, 5.74) is 1.36.